The Labute approximate surface area is 199 Å². The van der Waals surface area contributed by atoms with Crippen LogP contribution in [0.5, 0.6) is 23.0 Å². The Morgan fingerprint density at radius 3 is 2.65 bits per heavy atom. The highest BCUT2D eigenvalue weighted by Gasteiger charge is 2.33. The minimum absolute atomic E-state index is 0.149. The molecule has 0 spiro atoms. The van der Waals surface area contributed by atoms with E-state index in [1.807, 2.05) is 30.3 Å². The number of ketones is 1. The standard InChI is InChI=1S/C28H27NO5/c1-31-24-12-6-11-20(27(24)32-2)16-25-26(30)21-13-14-23-22(28(21)34-25)17-29(18-33-23)15-7-10-19-8-4-3-5-9-19/h3-6,8-9,11-14,16H,7,10,15,17-18H2,1-2H3/b25-16-. The fourth-order valence-electron chi connectivity index (χ4n) is 4.47. The van der Waals surface area contributed by atoms with E-state index < -0.39 is 0 Å². The summed E-state index contributed by atoms with van der Waals surface area (Å²) in [5.74, 6) is 2.62. The predicted octanol–water partition coefficient (Wildman–Crippen LogP) is 5.10. The van der Waals surface area contributed by atoms with Crippen molar-refractivity contribution in [3.8, 4) is 23.0 Å². The zero-order valence-corrected chi connectivity index (χ0v) is 19.4. The molecule has 0 N–H and O–H groups in total. The molecule has 0 bridgehead atoms. The molecule has 0 fully saturated rings. The van der Waals surface area contributed by atoms with E-state index in [9.17, 15) is 4.79 Å². The lowest BCUT2D eigenvalue weighted by Crippen LogP contribution is -2.33. The first kappa shape index (κ1) is 22.0. The number of fused-ring (bicyclic) bond motifs is 3. The van der Waals surface area contributed by atoms with E-state index in [-0.39, 0.29) is 11.5 Å². The Balaban J connectivity index is 1.35. The maximum Gasteiger partial charge on any atom is 0.231 e. The van der Waals surface area contributed by atoms with Crippen LogP contribution in [-0.4, -0.2) is 38.2 Å². The van der Waals surface area contributed by atoms with Crippen LogP contribution in [0.2, 0.25) is 0 Å². The molecule has 2 aliphatic rings. The van der Waals surface area contributed by atoms with E-state index >= 15 is 0 Å². The number of allylic oxidation sites excluding steroid dienone is 1. The van der Waals surface area contributed by atoms with Crippen molar-refractivity contribution in [1.82, 2.24) is 4.90 Å². The van der Waals surface area contributed by atoms with Crippen LogP contribution in [0.3, 0.4) is 0 Å². The molecule has 0 saturated heterocycles. The minimum atomic E-state index is -0.149. The van der Waals surface area contributed by atoms with Gasteiger partial charge in [0.1, 0.15) is 18.2 Å². The van der Waals surface area contributed by atoms with E-state index in [2.05, 4.69) is 29.2 Å². The maximum atomic E-state index is 13.1. The number of hydrogen-bond acceptors (Lipinski definition) is 6. The number of para-hydroxylation sites is 1. The Kier molecular flexibility index (Phi) is 6.23. The van der Waals surface area contributed by atoms with Crippen molar-refractivity contribution in [3.63, 3.8) is 0 Å². The van der Waals surface area contributed by atoms with Crippen molar-refractivity contribution >= 4 is 11.9 Å². The lowest BCUT2D eigenvalue weighted by Gasteiger charge is -2.29. The predicted molar refractivity (Wildman–Crippen MR) is 130 cm³/mol. The van der Waals surface area contributed by atoms with Crippen LogP contribution in [0, 0.1) is 0 Å². The van der Waals surface area contributed by atoms with Gasteiger partial charge in [-0.15, -0.1) is 0 Å². The summed E-state index contributed by atoms with van der Waals surface area (Å²) in [6, 6.07) is 19.7. The van der Waals surface area contributed by atoms with Crippen molar-refractivity contribution in [2.24, 2.45) is 0 Å². The molecule has 0 unspecified atom stereocenters. The molecule has 6 nitrogen and oxygen atoms in total. The highest BCUT2D eigenvalue weighted by Crippen LogP contribution is 2.43. The molecule has 0 saturated carbocycles. The van der Waals surface area contributed by atoms with Gasteiger partial charge in [-0.1, -0.05) is 42.5 Å². The van der Waals surface area contributed by atoms with Crippen molar-refractivity contribution < 1.29 is 23.7 Å². The first-order valence-corrected chi connectivity index (χ1v) is 11.4. The van der Waals surface area contributed by atoms with Crippen LogP contribution in [0.4, 0.5) is 0 Å². The molecular formula is C28H27NO5. The second kappa shape index (κ2) is 9.61. The largest absolute Gasteiger partial charge is 0.493 e. The molecule has 3 aromatic carbocycles. The summed E-state index contributed by atoms with van der Waals surface area (Å²) in [5, 5.41) is 0. The van der Waals surface area contributed by atoms with Gasteiger partial charge in [0.05, 0.1) is 25.3 Å². The smallest absolute Gasteiger partial charge is 0.231 e. The summed E-state index contributed by atoms with van der Waals surface area (Å²) in [4.78, 5) is 15.4. The molecule has 0 aromatic heterocycles. The van der Waals surface area contributed by atoms with Crippen LogP contribution in [-0.2, 0) is 13.0 Å². The maximum absolute atomic E-state index is 13.1. The van der Waals surface area contributed by atoms with E-state index in [1.165, 1.54) is 5.56 Å². The van der Waals surface area contributed by atoms with Crippen molar-refractivity contribution in [1.29, 1.82) is 0 Å². The number of methoxy groups -OCH3 is 2. The highest BCUT2D eigenvalue weighted by atomic mass is 16.5. The first-order valence-electron chi connectivity index (χ1n) is 11.4. The summed E-state index contributed by atoms with van der Waals surface area (Å²) >= 11 is 0. The third-order valence-electron chi connectivity index (χ3n) is 6.18. The topological polar surface area (TPSA) is 57.2 Å². The molecule has 34 heavy (non-hydrogen) atoms. The quantitative estimate of drug-likeness (QED) is 0.460. The number of carbonyl (C=O) groups excluding carboxylic acids is 1. The monoisotopic (exact) mass is 457 g/mol. The molecule has 0 radical (unpaired) electrons. The second-order valence-electron chi connectivity index (χ2n) is 8.36. The van der Waals surface area contributed by atoms with Gasteiger partial charge >= 0.3 is 0 Å². The third-order valence-corrected chi connectivity index (χ3v) is 6.18. The van der Waals surface area contributed by atoms with Gasteiger partial charge in [0.25, 0.3) is 0 Å². The lowest BCUT2D eigenvalue weighted by molar-refractivity contribution is 0.0928. The molecule has 0 atom stereocenters. The average molecular weight is 458 g/mol. The summed E-state index contributed by atoms with van der Waals surface area (Å²) < 4.78 is 23.0. The number of rotatable bonds is 7. The van der Waals surface area contributed by atoms with Crippen molar-refractivity contribution in [2.45, 2.75) is 19.4 Å². The van der Waals surface area contributed by atoms with Crippen molar-refractivity contribution in [2.75, 3.05) is 27.5 Å². The molecular weight excluding hydrogens is 430 g/mol. The highest BCUT2D eigenvalue weighted by molar-refractivity contribution is 6.15. The fourth-order valence-corrected chi connectivity index (χ4v) is 4.47. The number of benzene rings is 3. The van der Waals surface area contributed by atoms with Gasteiger partial charge in [-0.2, -0.15) is 0 Å². The van der Waals surface area contributed by atoms with Crippen LogP contribution in [0.25, 0.3) is 6.08 Å². The Hall–Kier alpha value is -3.77. The molecule has 5 rings (SSSR count). The zero-order chi connectivity index (χ0) is 23.5. The molecule has 3 aromatic rings. The van der Waals surface area contributed by atoms with Crippen LogP contribution in [0.1, 0.15) is 33.5 Å². The van der Waals surface area contributed by atoms with Crippen LogP contribution in [0.15, 0.2) is 66.4 Å². The number of ether oxygens (including phenoxy) is 4. The number of nitrogens with zero attached hydrogens (tertiary/aromatic N) is 1. The minimum Gasteiger partial charge on any atom is -0.493 e. The van der Waals surface area contributed by atoms with Crippen molar-refractivity contribution in [3.05, 3.63) is 88.7 Å². The Morgan fingerprint density at radius 1 is 1.00 bits per heavy atom. The summed E-state index contributed by atoms with van der Waals surface area (Å²) in [5.41, 5.74) is 3.52. The van der Waals surface area contributed by atoms with Crippen LogP contribution < -0.4 is 18.9 Å². The number of hydrogen-bond donors (Lipinski definition) is 0. The second-order valence-corrected chi connectivity index (χ2v) is 8.36. The number of aryl methyl sites for hydroxylation is 1. The van der Waals surface area contributed by atoms with Gasteiger partial charge in [-0.05, 0) is 42.7 Å². The molecule has 2 aliphatic heterocycles. The van der Waals surface area contributed by atoms with Gasteiger partial charge in [0, 0.05) is 18.7 Å². The Morgan fingerprint density at radius 2 is 1.85 bits per heavy atom. The number of carbonyl (C=O) groups is 1. The summed E-state index contributed by atoms with van der Waals surface area (Å²) in [6.45, 7) is 2.10. The van der Waals surface area contributed by atoms with E-state index in [4.69, 9.17) is 18.9 Å². The Bertz CT molecular complexity index is 1240. The average Bonchev–Trinajstić information content (AvgIpc) is 3.20. The summed E-state index contributed by atoms with van der Waals surface area (Å²) in [6.07, 6.45) is 3.75. The zero-order valence-electron chi connectivity index (χ0n) is 19.4. The number of Topliss-reactive ketones (excluding diaryl/α,β-unsaturated/α-hetero) is 1. The third kappa shape index (κ3) is 4.24. The normalized spacial score (nSPS) is 15.9. The van der Waals surface area contributed by atoms with Gasteiger partial charge in [-0.25, -0.2) is 0 Å². The fraction of sp³-hybridized carbons (Fsp3) is 0.250. The van der Waals surface area contributed by atoms with E-state index in [1.54, 1.807) is 26.4 Å². The van der Waals surface area contributed by atoms with Gasteiger partial charge in [0.2, 0.25) is 5.78 Å². The molecule has 0 amide bonds. The van der Waals surface area contributed by atoms with Gasteiger partial charge in [-0.3, -0.25) is 9.69 Å². The first-order chi connectivity index (χ1) is 16.7. The van der Waals surface area contributed by atoms with Crippen LogP contribution >= 0.6 is 0 Å². The van der Waals surface area contributed by atoms with Gasteiger partial charge < -0.3 is 18.9 Å². The molecule has 2 heterocycles. The lowest BCUT2D eigenvalue weighted by atomic mass is 10.0. The van der Waals surface area contributed by atoms with E-state index in [0.29, 0.717) is 41.7 Å². The SMILES string of the molecule is COc1cccc(/C=C2\Oc3c(ccc4c3CN(CCCc3ccccc3)CO4)C2=O)c1OC. The molecule has 6 heteroatoms. The van der Waals surface area contributed by atoms with E-state index in [0.717, 1.165) is 30.7 Å². The molecule has 174 valence electrons. The van der Waals surface area contributed by atoms with Gasteiger partial charge in [0.15, 0.2) is 17.3 Å². The summed E-state index contributed by atoms with van der Waals surface area (Å²) in [7, 11) is 3.16. The molecule has 0 aliphatic carbocycles.